The smallest absolute Gasteiger partial charge is 0.325 e. The van der Waals surface area contributed by atoms with Gasteiger partial charge in [-0.05, 0) is 24.6 Å². The lowest BCUT2D eigenvalue weighted by atomic mass is 10.3. The van der Waals surface area contributed by atoms with Crippen molar-refractivity contribution in [2.75, 3.05) is 6.54 Å². The topological polar surface area (TPSA) is 52.3 Å². The third-order valence-corrected chi connectivity index (χ3v) is 6.01. The van der Waals surface area contributed by atoms with E-state index in [9.17, 15) is 4.79 Å². The van der Waals surface area contributed by atoms with Crippen molar-refractivity contribution in [2.24, 2.45) is 5.73 Å². The second kappa shape index (κ2) is 7.87. The highest BCUT2D eigenvalue weighted by molar-refractivity contribution is 7.80. The van der Waals surface area contributed by atoms with Crippen LogP contribution in [0.2, 0.25) is 0 Å². The van der Waals surface area contributed by atoms with Crippen LogP contribution in [0.15, 0.2) is 84.9 Å². The van der Waals surface area contributed by atoms with Gasteiger partial charge in [0.1, 0.15) is 5.75 Å². The van der Waals surface area contributed by atoms with Crippen LogP contribution in [0.25, 0.3) is 0 Å². The Morgan fingerprint density at radius 3 is 1.83 bits per heavy atom. The molecular weight excluding hydrogens is 317 g/mol. The van der Waals surface area contributed by atoms with E-state index >= 15 is 0 Å². The van der Waals surface area contributed by atoms with Crippen molar-refractivity contribution in [3.05, 3.63) is 84.9 Å². The van der Waals surface area contributed by atoms with E-state index in [1.165, 1.54) is 10.6 Å². The monoisotopic (exact) mass is 335 g/mol. The maximum atomic E-state index is 11.7. The van der Waals surface area contributed by atoms with Gasteiger partial charge in [0.05, 0.1) is 6.54 Å². The summed E-state index contributed by atoms with van der Waals surface area (Å²) in [6.45, 7) is -0.136. The minimum atomic E-state index is -0.820. The van der Waals surface area contributed by atoms with Crippen LogP contribution in [-0.2, 0) is 4.79 Å². The molecule has 0 bridgehead atoms. The average molecular weight is 335 g/mol. The number of hydrogen-bond donors (Lipinski definition) is 1. The molecule has 0 fully saturated rings. The molecule has 3 nitrogen and oxygen atoms in total. The molecule has 0 aliphatic heterocycles. The standard InChI is InChI=1S/C20H18NO2P/c21-15-20(22)23-18-13-7-8-14-19(18)24(16-9-3-1-4-10-16)17-11-5-2-6-12-17/h1-14H,15,21H2. The molecule has 3 aromatic rings. The number of para-hydroxylation sites is 1. The Balaban J connectivity index is 2.12. The van der Waals surface area contributed by atoms with Crippen LogP contribution in [0.5, 0.6) is 5.75 Å². The number of esters is 1. The third kappa shape index (κ3) is 3.70. The van der Waals surface area contributed by atoms with Crippen LogP contribution in [0.4, 0.5) is 0 Å². The van der Waals surface area contributed by atoms with E-state index in [0.717, 1.165) is 5.30 Å². The lowest BCUT2D eigenvalue weighted by Crippen LogP contribution is -2.26. The fraction of sp³-hybridized carbons (Fsp3) is 0.0500. The minimum Gasteiger partial charge on any atom is -0.425 e. The largest absolute Gasteiger partial charge is 0.425 e. The molecule has 0 amide bonds. The number of nitrogens with two attached hydrogens (primary N) is 1. The van der Waals surface area contributed by atoms with Gasteiger partial charge in [-0.1, -0.05) is 78.9 Å². The van der Waals surface area contributed by atoms with Crippen LogP contribution in [-0.4, -0.2) is 12.5 Å². The summed E-state index contributed by atoms with van der Waals surface area (Å²) in [4.78, 5) is 11.7. The predicted molar refractivity (Wildman–Crippen MR) is 99.8 cm³/mol. The van der Waals surface area contributed by atoms with Gasteiger partial charge in [-0.25, -0.2) is 0 Å². The Morgan fingerprint density at radius 1 is 0.792 bits per heavy atom. The van der Waals surface area contributed by atoms with E-state index in [2.05, 4.69) is 24.3 Å². The fourth-order valence-electron chi connectivity index (χ4n) is 2.47. The van der Waals surface area contributed by atoms with E-state index in [0.29, 0.717) is 5.75 Å². The third-order valence-electron chi connectivity index (χ3n) is 3.53. The van der Waals surface area contributed by atoms with Crippen molar-refractivity contribution >= 4 is 29.8 Å². The van der Waals surface area contributed by atoms with Gasteiger partial charge in [-0.2, -0.15) is 0 Å². The highest BCUT2D eigenvalue weighted by Crippen LogP contribution is 2.36. The molecule has 0 saturated heterocycles. The van der Waals surface area contributed by atoms with E-state index in [1.54, 1.807) is 0 Å². The summed E-state index contributed by atoms with van der Waals surface area (Å²) in [5, 5.41) is 3.41. The van der Waals surface area contributed by atoms with Crippen molar-refractivity contribution in [1.29, 1.82) is 0 Å². The summed E-state index contributed by atoms with van der Waals surface area (Å²) in [6, 6.07) is 28.2. The first-order valence-electron chi connectivity index (χ1n) is 7.69. The lowest BCUT2D eigenvalue weighted by molar-refractivity contribution is -0.132. The van der Waals surface area contributed by atoms with E-state index in [1.807, 2.05) is 60.7 Å². The number of benzene rings is 3. The van der Waals surface area contributed by atoms with Gasteiger partial charge < -0.3 is 10.5 Å². The minimum absolute atomic E-state index is 0.136. The lowest BCUT2D eigenvalue weighted by Gasteiger charge is -2.21. The van der Waals surface area contributed by atoms with Gasteiger partial charge in [0.25, 0.3) is 0 Å². The molecule has 0 aromatic heterocycles. The van der Waals surface area contributed by atoms with Crippen molar-refractivity contribution in [3.8, 4) is 5.75 Å². The van der Waals surface area contributed by atoms with E-state index in [-0.39, 0.29) is 6.54 Å². The zero-order chi connectivity index (χ0) is 16.8. The van der Waals surface area contributed by atoms with Gasteiger partial charge in [0.2, 0.25) is 0 Å². The summed E-state index contributed by atoms with van der Waals surface area (Å²) in [5.74, 6) is 0.144. The summed E-state index contributed by atoms with van der Waals surface area (Å²) < 4.78 is 5.47. The second-order valence-electron chi connectivity index (χ2n) is 5.15. The van der Waals surface area contributed by atoms with Gasteiger partial charge in [-0.3, -0.25) is 4.79 Å². The van der Waals surface area contributed by atoms with Gasteiger partial charge in [0, 0.05) is 5.30 Å². The molecule has 0 atom stereocenters. The summed E-state index contributed by atoms with van der Waals surface area (Å²) in [7, 11) is -0.820. The van der Waals surface area contributed by atoms with Crippen LogP contribution < -0.4 is 26.4 Å². The van der Waals surface area contributed by atoms with Crippen molar-refractivity contribution in [2.45, 2.75) is 0 Å². The number of ether oxygens (including phenoxy) is 1. The molecule has 0 aliphatic rings. The Labute approximate surface area is 142 Å². The first-order chi connectivity index (χ1) is 11.8. The number of hydrogen-bond acceptors (Lipinski definition) is 3. The van der Waals surface area contributed by atoms with Crippen LogP contribution in [0.1, 0.15) is 0 Å². The molecule has 0 radical (unpaired) electrons. The highest BCUT2D eigenvalue weighted by Gasteiger charge is 2.20. The molecule has 0 spiro atoms. The summed E-state index contributed by atoms with van der Waals surface area (Å²) >= 11 is 0. The van der Waals surface area contributed by atoms with Crippen molar-refractivity contribution in [3.63, 3.8) is 0 Å². The SMILES string of the molecule is NCC(=O)Oc1ccccc1P(c1ccccc1)c1ccccc1. The Kier molecular flexibility index (Phi) is 5.37. The first kappa shape index (κ1) is 16.4. The van der Waals surface area contributed by atoms with E-state index in [4.69, 9.17) is 10.5 Å². The molecule has 3 rings (SSSR count). The predicted octanol–water partition coefficient (Wildman–Crippen LogP) is 2.31. The highest BCUT2D eigenvalue weighted by atomic mass is 31.1. The molecule has 120 valence electrons. The van der Waals surface area contributed by atoms with Gasteiger partial charge in [0.15, 0.2) is 0 Å². The summed E-state index contributed by atoms with van der Waals surface area (Å²) in [5.41, 5.74) is 5.40. The zero-order valence-electron chi connectivity index (χ0n) is 13.1. The average Bonchev–Trinajstić information content (AvgIpc) is 2.65. The van der Waals surface area contributed by atoms with Crippen LogP contribution >= 0.6 is 7.92 Å². The zero-order valence-corrected chi connectivity index (χ0v) is 14.0. The molecule has 4 heteroatoms. The molecule has 2 N–H and O–H groups in total. The molecule has 0 saturated carbocycles. The molecule has 3 aromatic carbocycles. The first-order valence-corrected chi connectivity index (χ1v) is 9.04. The Morgan fingerprint density at radius 2 is 1.29 bits per heavy atom. The summed E-state index contributed by atoms with van der Waals surface area (Å²) in [6.07, 6.45) is 0. The Hall–Kier alpha value is -2.48. The maximum absolute atomic E-state index is 11.7. The quantitative estimate of drug-likeness (QED) is 0.442. The molecule has 24 heavy (non-hydrogen) atoms. The van der Waals surface area contributed by atoms with Crippen LogP contribution in [0, 0.1) is 0 Å². The van der Waals surface area contributed by atoms with Crippen LogP contribution in [0.3, 0.4) is 0 Å². The molecule has 0 heterocycles. The normalized spacial score (nSPS) is 10.6. The molecule has 0 aliphatic carbocycles. The second-order valence-corrected chi connectivity index (χ2v) is 7.34. The maximum Gasteiger partial charge on any atom is 0.325 e. The Bertz CT molecular complexity index is 767. The number of carbonyl (C=O) groups is 1. The van der Waals surface area contributed by atoms with Crippen molar-refractivity contribution in [1.82, 2.24) is 0 Å². The van der Waals surface area contributed by atoms with Gasteiger partial charge in [-0.15, -0.1) is 0 Å². The molecule has 0 unspecified atom stereocenters. The number of carbonyl (C=O) groups excluding carboxylic acids is 1. The number of rotatable bonds is 5. The molecular formula is C20H18NO2P. The van der Waals surface area contributed by atoms with E-state index < -0.39 is 13.9 Å². The fourth-order valence-corrected chi connectivity index (χ4v) is 4.84. The van der Waals surface area contributed by atoms with Gasteiger partial charge >= 0.3 is 5.97 Å². The van der Waals surface area contributed by atoms with Crippen molar-refractivity contribution < 1.29 is 9.53 Å².